The quantitative estimate of drug-likeness (QED) is 0.379. The number of hydrogen-bond donors (Lipinski definition) is 0. The number of halogens is 3. The first-order chi connectivity index (χ1) is 5.66. The molecule has 0 heterocycles. The molecule has 0 unspecified atom stereocenters. The van der Waals surface area contributed by atoms with Crippen molar-refractivity contribution >= 4 is 23.4 Å². The molecule has 1 rings (SSSR count). The van der Waals surface area contributed by atoms with Crippen LogP contribution in [0.25, 0.3) is 0 Å². The van der Waals surface area contributed by atoms with Crippen LogP contribution >= 0.6 is 11.6 Å². The standard InChI is InChI=1S/C7H2ClF2NO/c8-6-4(9)1-2-5(10)7(6)11-3-12/h1-2H. The number of rotatable bonds is 1. The molecule has 0 radical (unpaired) electrons. The fourth-order valence-electron chi connectivity index (χ4n) is 0.665. The van der Waals surface area contributed by atoms with Crippen LogP contribution in [0, 0.1) is 11.6 Å². The van der Waals surface area contributed by atoms with E-state index in [-0.39, 0.29) is 0 Å². The molecule has 0 aliphatic heterocycles. The fraction of sp³-hybridized carbons (Fsp3) is 0. The first-order valence-electron chi connectivity index (χ1n) is 2.88. The van der Waals surface area contributed by atoms with Gasteiger partial charge in [-0.15, -0.1) is 0 Å². The highest BCUT2D eigenvalue weighted by atomic mass is 35.5. The maximum Gasteiger partial charge on any atom is 0.240 e. The van der Waals surface area contributed by atoms with E-state index in [1.165, 1.54) is 0 Å². The molecule has 0 aliphatic carbocycles. The summed E-state index contributed by atoms with van der Waals surface area (Å²) < 4.78 is 25.3. The number of nitrogens with zero attached hydrogens (tertiary/aromatic N) is 1. The summed E-state index contributed by atoms with van der Waals surface area (Å²) in [6.07, 6.45) is 1.08. The smallest absolute Gasteiger partial charge is 0.211 e. The normalized spacial score (nSPS) is 9.25. The minimum atomic E-state index is -0.857. The van der Waals surface area contributed by atoms with E-state index in [1.54, 1.807) is 0 Å². The maximum absolute atomic E-state index is 12.7. The average Bonchev–Trinajstić information content (AvgIpc) is 2.06. The molecule has 1 aromatic carbocycles. The number of benzene rings is 1. The van der Waals surface area contributed by atoms with Crippen LogP contribution in [0.3, 0.4) is 0 Å². The molecule has 5 heteroatoms. The summed E-state index contributed by atoms with van der Waals surface area (Å²) in [5.41, 5.74) is -0.522. The van der Waals surface area contributed by atoms with Crippen molar-refractivity contribution in [3.63, 3.8) is 0 Å². The first kappa shape index (κ1) is 8.84. The number of isocyanates is 1. The molecule has 0 amide bonds. The van der Waals surface area contributed by atoms with Crippen LogP contribution in [-0.2, 0) is 4.79 Å². The third-order valence-corrected chi connectivity index (χ3v) is 1.54. The van der Waals surface area contributed by atoms with E-state index in [1.807, 2.05) is 0 Å². The summed E-state index contributed by atoms with van der Waals surface area (Å²) in [6.45, 7) is 0. The molecular weight excluding hydrogens is 188 g/mol. The van der Waals surface area contributed by atoms with Gasteiger partial charge < -0.3 is 0 Å². The molecule has 0 fully saturated rings. The lowest BCUT2D eigenvalue weighted by Gasteiger charge is -1.97. The molecule has 0 saturated carbocycles. The average molecular weight is 190 g/mol. The molecule has 0 bridgehead atoms. The lowest BCUT2D eigenvalue weighted by Crippen LogP contribution is -1.81. The van der Waals surface area contributed by atoms with Crippen molar-refractivity contribution in [3.05, 3.63) is 28.8 Å². The Balaban J connectivity index is 3.42. The second kappa shape index (κ2) is 3.43. The van der Waals surface area contributed by atoms with Gasteiger partial charge in [0.15, 0.2) is 5.82 Å². The van der Waals surface area contributed by atoms with Crippen LogP contribution < -0.4 is 0 Å². The van der Waals surface area contributed by atoms with Crippen molar-refractivity contribution in [1.82, 2.24) is 0 Å². The van der Waals surface area contributed by atoms with Gasteiger partial charge in [-0.05, 0) is 12.1 Å². The van der Waals surface area contributed by atoms with E-state index in [4.69, 9.17) is 11.6 Å². The van der Waals surface area contributed by atoms with Gasteiger partial charge in [-0.1, -0.05) is 11.6 Å². The predicted molar refractivity (Wildman–Crippen MR) is 39.1 cm³/mol. The third kappa shape index (κ3) is 1.49. The molecule has 0 aromatic heterocycles. The highest BCUT2D eigenvalue weighted by Gasteiger charge is 2.10. The van der Waals surface area contributed by atoms with Gasteiger partial charge in [-0.25, -0.2) is 13.6 Å². The largest absolute Gasteiger partial charge is 0.240 e. The summed E-state index contributed by atoms with van der Waals surface area (Å²) in [5.74, 6) is -1.68. The Labute approximate surface area is 71.5 Å². The topological polar surface area (TPSA) is 29.4 Å². The molecule has 62 valence electrons. The van der Waals surface area contributed by atoms with Crippen molar-refractivity contribution in [2.45, 2.75) is 0 Å². The Morgan fingerprint density at radius 2 is 1.92 bits per heavy atom. The lowest BCUT2D eigenvalue weighted by atomic mass is 10.3. The van der Waals surface area contributed by atoms with Crippen LogP contribution in [0.5, 0.6) is 0 Å². The highest BCUT2D eigenvalue weighted by Crippen LogP contribution is 2.29. The Morgan fingerprint density at radius 1 is 1.33 bits per heavy atom. The molecule has 0 spiro atoms. The van der Waals surface area contributed by atoms with Gasteiger partial charge in [0.05, 0.1) is 0 Å². The van der Waals surface area contributed by atoms with Gasteiger partial charge >= 0.3 is 0 Å². The number of hydrogen-bond acceptors (Lipinski definition) is 2. The zero-order valence-electron chi connectivity index (χ0n) is 5.64. The predicted octanol–water partition coefficient (Wildman–Crippen LogP) is 2.59. The van der Waals surface area contributed by atoms with Gasteiger partial charge in [0.25, 0.3) is 0 Å². The van der Waals surface area contributed by atoms with Crippen molar-refractivity contribution in [1.29, 1.82) is 0 Å². The Hall–Kier alpha value is -1.25. The van der Waals surface area contributed by atoms with Crippen LogP contribution in [0.1, 0.15) is 0 Å². The summed E-state index contributed by atoms with van der Waals surface area (Å²) >= 11 is 5.29. The fourth-order valence-corrected chi connectivity index (χ4v) is 0.860. The second-order valence-corrected chi connectivity index (χ2v) is 2.27. The minimum Gasteiger partial charge on any atom is -0.211 e. The van der Waals surface area contributed by atoms with E-state index < -0.39 is 22.3 Å². The van der Waals surface area contributed by atoms with E-state index >= 15 is 0 Å². The van der Waals surface area contributed by atoms with E-state index in [0.29, 0.717) is 0 Å². The monoisotopic (exact) mass is 189 g/mol. The summed E-state index contributed by atoms with van der Waals surface area (Å²) in [4.78, 5) is 12.7. The SMILES string of the molecule is O=C=Nc1c(F)ccc(F)c1Cl. The van der Waals surface area contributed by atoms with Gasteiger partial charge in [-0.2, -0.15) is 4.99 Å². The van der Waals surface area contributed by atoms with Crippen LogP contribution in [0.4, 0.5) is 14.5 Å². The van der Waals surface area contributed by atoms with E-state index in [9.17, 15) is 13.6 Å². The summed E-state index contributed by atoms with van der Waals surface area (Å²) in [5, 5.41) is -0.515. The lowest BCUT2D eigenvalue weighted by molar-refractivity contribution is 0.564. The Kier molecular flexibility index (Phi) is 2.53. The van der Waals surface area contributed by atoms with Gasteiger partial charge in [0, 0.05) is 0 Å². The van der Waals surface area contributed by atoms with Crippen LogP contribution in [0.15, 0.2) is 17.1 Å². The minimum absolute atomic E-state index is 0.515. The van der Waals surface area contributed by atoms with Crippen LogP contribution in [0.2, 0.25) is 5.02 Å². The molecule has 0 aliphatic rings. The molecule has 12 heavy (non-hydrogen) atoms. The van der Waals surface area contributed by atoms with E-state index in [0.717, 1.165) is 18.2 Å². The maximum atomic E-state index is 12.7. The molecule has 1 aromatic rings. The zero-order chi connectivity index (χ0) is 9.14. The van der Waals surface area contributed by atoms with Crippen LogP contribution in [-0.4, -0.2) is 6.08 Å². The highest BCUT2D eigenvalue weighted by molar-refractivity contribution is 6.33. The van der Waals surface area contributed by atoms with Gasteiger partial charge in [0.1, 0.15) is 16.5 Å². The summed E-state index contributed by atoms with van der Waals surface area (Å²) in [7, 11) is 0. The van der Waals surface area contributed by atoms with E-state index in [2.05, 4.69) is 4.99 Å². The molecule has 2 nitrogen and oxygen atoms in total. The zero-order valence-corrected chi connectivity index (χ0v) is 6.40. The van der Waals surface area contributed by atoms with Crippen molar-refractivity contribution in [2.75, 3.05) is 0 Å². The van der Waals surface area contributed by atoms with Crippen molar-refractivity contribution in [3.8, 4) is 0 Å². The molecule has 0 atom stereocenters. The van der Waals surface area contributed by atoms with Crippen molar-refractivity contribution in [2.24, 2.45) is 4.99 Å². The Bertz CT molecular complexity index is 361. The van der Waals surface area contributed by atoms with Gasteiger partial charge in [0.2, 0.25) is 6.08 Å². The molecule has 0 N–H and O–H groups in total. The second-order valence-electron chi connectivity index (χ2n) is 1.89. The van der Waals surface area contributed by atoms with Gasteiger partial charge in [-0.3, -0.25) is 0 Å². The number of carbonyl (C=O) groups excluding carboxylic acids is 1. The third-order valence-electron chi connectivity index (χ3n) is 1.18. The molecular formula is C7H2ClF2NO. The molecule has 0 saturated heterocycles. The summed E-state index contributed by atoms with van der Waals surface area (Å²) in [6, 6.07) is 1.68. The van der Waals surface area contributed by atoms with Crippen molar-refractivity contribution < 1.29 is 13.6 Å². The first-order valence-corrected chi connectivity index (χ1v) is 3.26. The Morgan fingerprint density at radius 3 is 2.50 bits per heavy atom. The number of aliphatic imine (C=N–C) groups is 1.